The second-order valence-electron chi connectivity index (χ2n) is 4.65. The van der Waals surface area contributed by atoms with Crippen LogP contribution in [0.3, 0.4) is 0 Å². The van der Waals surface area contributed by atoms with Crippen molar-refractivity contribution >= 4 is 21.9 Å². The highest BCUT2D eigenvalue weighted by Gasteiger charge is 2.25. The maximum absolute atomic E-state index is 11.7. The summed E-state index contributed by atoms with van der Waals surface area (Å²) in [6.45, 7) is 6.04. The van der Waals surface area contributed by atoms with Gasteiger partial charge in [0.15, 0.2) is 0 Å². The lowest BCUT2D eigenvalue weighted by Gasteiger charge is -2.25. The summed E-state index contributed by atoms with van der Waals surface area (Å²) >= 11 is 3.52. The number of hydrogen-bond acceptors (Lipinski definition) is 3. The van der Waals surface area contributed by atoms with Crippen molar-refractivity contribution in [2.45, 2.75) is 32.9 Å². The molecule has 0 saturated heterocycles. The van der Waals surface area contributed by atoms with E-state index >= 15 is 0 Å². The van der Waals surface area contributed by atoms with E-state index in [9.17, 15) is 4.79 Å². The highest BCUT2D eigenvalue weighted by molar-refractivity contribution is 9.10. The van der Waals surface area contributed by atoms with E-state index in [1.807, 2.05) is 45.0 Å². The minimum Gasteiger partial charge on any atom is -0.468 e. The average Bonchev–Trinajstić information content (AvgIpc) is 2.35. The first kappa shape index (κ1) is 15.2. The zero-order valence-electron chi connectivity index (χ0n) is 11.2. The van der Waals surface area contributed by atoms with Crippen LogP contribution in [-0.4, -0.2) is 19.1 Å². The first-order valence-corrected chi connectivity index (χ1v) is 6.85. The summed E-state index contributed by atoms with van der Waals surface area (Å²) < 4.78 is 5.87. The Morgan fingerprint density at radius 1 is 1.28 bits per heavy atom. The molecule has 0 heterocycles. The molecule has 1 aromatic rings. The van der Waals surface area contributed by atoms with Gasteiger partial charge in [-0.25, -0.2) is 0 Å². The third kappa shape index (κ3) is 3.82. The Morgan fingerprint density at radius 3 is 2.39 bits per heavy atom. The highest BCUT2D eigenvalue weighted by atomic mass is 79.9. The van der Waals surface area contributed by atoms with Crippen molar-refractivity contribution in [3.63, 3.8) is 0 Å². The van der Waals surface area contributed by atoms with Crippen LogP contribution in [0.2, 0.25) is 0 Å². The number of rotatable bonds is 5. The monoisotopic (exact) mass is 313 g/mol. The number of esters is 1. The quantitative estimate of drug-likeness (QED) is 0.848. The van der Waals surface area contributed by atoms with Gasteiger partial charge < -0.3 is 4.74 Å². The van der Waals surface area contributed by atoms with E-state index in [0.717, 1.165) is 10.0 Å². The predicted molar refractivity (Wildman–Crippen MR) is 76.3 cm³/mol. The van der Waals surface area contributed by atoms with Gasteiger partial charge in [0.05, 0.1) is 7.11 Å². The van der Waals surface area contributed by atoms with Crippen molar-refractivity contribution < 1.29 is 9.53 Å². The lowest BCUT2D eigenvalue weighted by atomic mass is 10.0. The molecule has 0 bridgehead atoms. The molecular formula is C14H20BrNO2. The van der Waals surface area contributed by atoms with Crippen LogP contribution in [-0.2, 0) is 9.53 Å². The molecule has 4 heteroatoms. The van der Waals surface area contributed by atoms with E-state index < -0.39 is 0 Å². The van der Waals surface area contributed by atoms with Crippen LogP contribution in [0.1, 0.15) is 32.4 Å². The third-order valence-electron chi connectivity index (χ3n) is 2.92. The van der Waals surface area contributed by atoms with Gasteiger partial charge >= 0.3 is 5.97 Å². The largest absolute Gasteiger partial charge is 0.468 e. The molecule has 0 aromatic heterocycles. The van der Waals surface area contributed by atoms with E-state index in [4.69, 9.17) is 4.74 Å². The zero-order chi connectivity index (χ0) is 13.7. The van der Waals surface area contributed by atoms with Crippen LogP contribution in [0.25, 0.3) is 0 Å². The van der Waals surface area contributed by atoms with E-state index in [2.05, 4.69) is 21.2 Å². The minimum absolute atomic E-state index is 0.0760. The molecule has 0 saturated carbocycles. The summed E-state index contributed by atoms with van der Waals surface area (Å²) in [6, 6.07) is 7.78. The van der Waals surface area contributed by atoms with Gasteiger partial charge in [0.1, 0.15) is 6.04 Å². The van der Waals surface area contributed by atoms with Crippen molar-refractivity contribution in [2.75, 3.05) is 7.11 Å². The molecule has 0 aliphatic heterocycles. The molecule has 0 aliphatic carbocycles. The second-order valence-corrected chi connectivity index (χ2v) is 5.51. The molecular weight excluding hydrogens is 294 g/mol. The molecule has 1 N–H and O–H groups in total. The zero-order valence-corrected chi connectivity index (χ0v) is 12.8. The Balaban J connectivity index is 2.82. The average molecular weight is 314 g/mol. The van der Waals surface area contributed by atoms with E-state index in [1.165, 1.54) is 7.11 Å². The Bertz CT molecular complexity index is 407. The Hall–Kier alpha value is -0.870. The standard InChI is InChI=1S/C14H20BrNO2/c1-9(2)13(14(17)18-4)16-10(3)11-7-5-6-8-12(11)15/h5-10,13,16H,1-4H3/t10?,13-/m0/s1. The van der Waals surface area contributed by atoms with Gasteiger partial charge in [0.2, 0.25) is 0 Å². The van der Waals surface area contributed by atoms with Crippen LogP contribution in [0.5, 0.6) is 0 Å². The molecule has 1 rings (SSSR count). The first-order chi connectivity index (χ1) is 8.47. The third-order valence-corrected chi connectivity index (χ3v) is 3.65. The Labute approximate surface area is 117 Å². The van der Waals surface area contributed by atoms with E-state index in [1.54, 1.807) is 0 Å². The Kier molecular flexibility index (Phi) is 5.82. The number of carbonyl (C=O) groups excluding carboxylic acids is 1. The fourth-order valence-corrected chi connectivity index (χ4v) is 2.47. The van der Waals surface area contributed by atoms with Gasteiger partial charge in [-0.3, -0.25) is 10.1 Å². The number of ether oxygens (including phenoxy) is 1. The topological polar surface area (TPSA) is 38.3 Å². The van der Waals surface area contributed by atoms with Gasteiger partial charge in [0.25, 0.3) is 0 Å². The number of hydrogen-bond donors (Lipinski definition) is 1. The fourth-order valence-electron chi connectivity index (χ4n) is 1.85. The summed E-state index contributed by atoms with van der Waals surface area (Å²) in [7, 11) is 1.42. The lowest BCUT2D eigenvalue weighted by Crippen LogP contribution is -2.43. The molecule has 100 valence electrons. The number of halogens is 1. The summed E-state index contributed by atoms with van der Waals surface area (Å²) in [5, 5.41) is 3.32. The molecule has 2 atom stereocenters. The molecule has 1 aromatic carbocycles. The molecule has 1 unspecified atom stereocenters. The maximum Gasteiger partial charge on any atom is 0.323 e. The number of nitrogens with one attached hydrogen (secondary N) is 1. The summed E-state index contributed by atoms with van der Waals surface area (Å²) in [6.07, 6.45) is 0. The van der Waals surface area contributed by atoms with Gasteiger partial charge in [0, 0.05) is 10.5 Å². The van der Waals surface area contributed by atoms with E-state index in [-0.39, 0.29) is 24.0 Å². The predicted octanol–water partition coefficient (Wildman–Crippen LogP) is 3.30. The van der Waals surface area contributed by atoms with Crippen molar-refractivity contribution in [1.82, 2.24) is 5.32 Å². The molecule has 0 fully saturated rings. The molecule has 0 spiro atoms. The molecule has 0 radical (unpaired) electrons. The summed E-state index contributed by atoms with van der Waals surface area (Å²) in [4.78, 5) is 11.7. The van der Waals surface area contributed by atoms with Gasteiger partial charge in [-0.1, -0.05) is 48.0 Å². The van der Waals surface area contributed by atoms with Gasteiger partial charge in [-0.05, 0) is 24.5 Å². The van der Waals surface area contributed by atoms with Crippen LogP contribution in [0.15, 0.2) is 28.7 Å². The fraction of sp³-hybridized carbons (Fsp3) is 0.500. The van der Waals surface area contributed by atoms with Crippen LogP contribution in [0.4, 0.5) is 0 Å². The van der Waals surface area contributed by atoms with Crippen molar-refractivity contribution in [2.24, 2.45) is 5.92 Å². The van der Waals surface area contributed by atoms with Crippen molar-refractivity contribution in [1.29, 1.82) is 0 Å². The molecule has 3 nitrogen and oxygen atoms in total. The molecule has 0 amide bonds. The van der Waals surface area contributed by atoms with Crippen LogP contribution in [0, 0.1) is 5.92 Å². The maximum atomic E-state index is 11.7. The molecule has 0 aliphatic rings. The smallest absolute Gasteiger partial charge is 0.323 e. The van der Waals surface area contributed by atoms with Crippen molar-refractivity contribution in [3.8, 4) is 0 Å². The summed E-state index contributed by atoms with van der Waals surface area (Å²) in [5.74, 6) is -0.0358. The molecule has 18 heavy (non-hydrogen) atoms. The van der Waals surface area contributed by atoms with Crippen LogP contribution >= 0.6 is 15.9 Å². The number of carbonyl (C=O) groups is 1. The van der Waals surface area contributed by atoms with Crippen LogP contribution < -0.4 is 5.32 Å². The number of methoxy groups -OCH3 is 1. The normalized spacial score (nSPS) is 14.3. The Morgan fingerprint density at radius 2 is 1.89 bits per heavy atom. The highest BCUT2D eigenvalue weighted by Crippen LogP contribution is 2.23. The lowest BCUT2D eigenvalue weighted by molar-refractivity contribution is -0.144. The minimum atomic E-state index is -0.294. The second kappa shape index (κ2) is 6.90. The number of benzene rings is 1. The van der Waals surface area contributed by atoms with Gasteiger partial charge in [-0.2, -0.15) is 0 Å². The van der Waals surface area contributed by atoms with Crippen molar-refractivity contribution in [3.05, 3.63) is 34.3 Å². The SMILES string of the molecule is COC(=O)[C@@H](NC(C)c1ccccc1Br)C(C)C. The first-order valence-electron chi connectivity index (χ1n) is 6.05. The van der Waals surface area contributed by atoms with E-state index in [0.29, 0.717) is 0 Å². The summed E-state index contributed by atoms with van der Waals surface area (Å²) in [5.41, 5.74) is 1.13. The van der Waals surface area contributed by atoms with Gasteiger partial charge in [-0.15, -0.1) is 0 Å².